The number of esters is 1. The summed E-state index contributed by atoms with van der Waals surface area (Å²) in [5.74, 6) is -0.0540. The predicted molar refractivity (Wildman–Crippen MR) is 66.3 cm³/mol. The summed E-state index contributed by atoms with van der Waals surface area (Å²) in [6, 6.07) is 4.91. The van der Waals surface area contributed by atoms with Gasteiger partial charge in [-0.1, -0.05) is 6.07 Å². The molecule has 2 aromatic rings. The second-order valence-corrected chi connectivity index (χ2v) is 4.25. The molecule has 6 heteroatoms. The van der Waals surface area contributed by atoms with Gasteiger partial charge in [0.05, 0.1) is 19.6 Å². The molecule has 0 bridgehead atoms. The molecular weight excluding hydrogens is 250 g/mol. The number of aromatic nitrogens is 1. The van der Waals surface area contributed by atoms with E-state index in [2.05, 4.69) is 9.72 Å². The molecule has 2 N–H and O–H groups in total. The van der Waals surface area contributed by atoms with Crippen LogP contribution in [0.2, 0.25) is 0 Å². The highest BCUT2D eigenvalue weighted by atomic mass is 16.5. The lowest BCUT2D eigenvalue weighted by atomic mass is 10.0. The first-order chi connectivity index (χ1) is 9.01. The number of rotatable bonds is 4. The summed E-state index contributed by atoms with van der Waals surface area (Å²) >= 11 is 0. The van der Waals surface area contributed by atoms with Gasteiger partial charge in [-0.25, -0.2) is 4.98 Å². The number of aryl methyl sites for hydroxylation is 1. The van der Waals surface area contributed by atoms with E-state index in [-0.39, 0.29) is 6.42 Å². The lowest BCUT2D eigenvalue weighted by Crippen LogP contribution is -2.22. The molecule has 0 aliphatic heterocycles. The molecule has 0 radical (unpaired) electrons. The average Bonchev–Trinajstić information content (AvgIpc) is 2.76. The number of aliphatic hydroxyl groups is 2. The zero-order chi connectivity index (χ0) is 14.0. The Kier molecular flexibility index (Phi) is 3.82. The van der Waals surface area contributed by atoms with Crippen molar-refractivity contribution >= 4 is 17.1 Å². The molecule has 0 aliphatic carbocycles. The minimum absolute atomic E-state index is 0.270. The van der Waals surface area contributed by atoms with E-state index in [0.29, 0.717) is 22.6 Å². The zero-order valence-electron chi connectivity index (χ0n) is 10.7. The number of carbonyl (C=O) groups is 1. The van der Waals surface area contributed by atoms with E-state index in [9.17, 15) is 15.0 Å². The largest absolute Gasteiger partial charge is 0.469 e. The van der Waals surface area contributed by atoms with Crippen LogP contribution in [0.15, 0.2) is 22.6 Å². The van der Waals surface area contributed by atoms with Gasteiger partial charge in [0, 0.05) is 6.92 Å². The minimum atomic E-state index is -1.22. The Bertz CT molecular complexity index is 592. The Hall–Kier alpha value is -1.92. The van der Waals surface area contributed by atoms with E-state index < -0.39 is 18.2 Å². The Morgan fingerprint density at radius 3 is 2.89 bits per heavy atom. The first-order valence-electron chi connectivity index (χ1n) is 5.81. The van der Waals surface area contributed by atoms with Gasteiger partial charge >= 0.3 is 5.97 Å². The standard InChI is InChI=1S/C13H15NO5/c1-7-14-9-5-8(3-4-11(9)19-7)13(17)10(15)6-12(16)18-2/h3-5,10,13,15,17H,6H2,1-2H3. The molecule has 0 saturated carbocycles. The molecule has 1 aromatic carbocycles. The van der Waals surface area contributed by atoms with Crippen molar-refractivity contribution in [2.45, 2.75) is 25.6 Å². The van der Waals surface area contributed by atoms with Crippen LogP contribution in [0.3, 0.4) is 0 Å². The predicted octanol–water partition coefficient (Wildman–Crippen LogP) is 1.09. The molecule has 6 nitrogen and oxygen atoms in total. The summed E-state index contributed by atoms with van der Waals surface area (Å²) in [7, 11) is 1.23. The van der Waals surface area contributed by atoms with E-state index in [4.69, 9.17) is 4.42 Å². The number of methoxy groups -OCH3 is 1. The Morgan fingerprint density at radius 1 is 1.47 bits per heavy atom. The van der Waals surface area contributed by atoms with Gasteiger partial charge < -0.3 is 19.4 Å². The maximum atomic E-state index is 11.1. The third-order valence-corrected chi connectivity index (χ3v) is 2.83. The van der Waals surface area contributed by atoms with E-state index in [1.807, 2.05) is 0 Å². The Morgan fingerprint density at radius 2 is 2.21 bits per heavy atom. The van der Waals surface area contributed by atoms with Crippen molar-refractivity contribution < 1.29 is 24.2 Å². The molecule has 0 aliphatic rings. The topological polar surface area (TPSA) is 92.8 Å². The maximum absolute atomic E-state index is 11.1. The second-order valence-electron chi connectivity index (χ2n) is 4.25. The quantitative estimate of drug-likeness (QED) is 0.804. The summed E-state index contributed by atoms with van der Waals surface area (Å²) in [6.07, 6.45) is -2.67. The van der Waals surface area contributed by atoms with Crippen molar-refractivity contribution in [2.24, 2.45) is 0 Å². The third-order valence-electron chi connectivity index (χ3n) is 2.83. The van der Waals surface area contributed by atoms with Crippen LogP contribution in [0.1, 0.15) is 24.0 Å². The number of hydrogen-bond acceptors (Lipinski definition) is 6. The van der Waals surface area contributed by atoms with Crippen LogP contribution in [0.5, 0.6) is 0 Å². The fourth-order valence-electron chi connectivity index (χ4n) is 1.83. The molecule has 19 heavy (non-hydrogen) atoms. The van der Waals surface area contributed by atoms with Crippen molar-refractivity contribution in [3.8, 4) is 0 Å². The van der Waals surface area contributed by atoms with Gasteiger partial charge in [-0.05, 0) is 17.7 Å². The highest BCUT2D eigenvalue weighted by Gasteiger charge is 2.22. The van der Waals surface area contributed by atoms with Gasteiger partial charge in [0.2, 0.25) is 0 Å². The number of hydrogen-bond donors (Lipinski definition) is 2. The number of ether oxygens (including phenoxy) is 1. The van der Waals surface area contributed by atoms with Crippen LogP contribution in [-0.2, 0) is 9.53 Å². The smallest absolute Gasteiger partial charge is 0.308 e. The highest BCUT2D eigenvalue weighted by Crippen LogP contribution is 2.24. The molecule has 1 heterocycles. The van der Waals surface area contributed by atoms with E-state index in [1.54, 1.807) is 25.1 Å². The van der Waals surface area contributed by atoms with Gasteiger partial charge in [0.25, 0.3) is 0 Å². The first-order valence-corrected chi connectivity index (χ1v) is 5.81. The van der Waals surface area contributed by atoms with Crippen LogP contribution >= 0.6 is 0 Å². The second kappa shape index (κ2) is 5.38. The lowest BCUT2D eigenvalue weighted by Gasteiger charge is -2.16. The van der Waals surface area contributed by atoms with Gasteiger partial charge in [-0.2, -0.15) is 0 Å². The fourth-order valence-corrected chi connectivity index (χ4v) is 1.83. The zero-order valence-corrected chi connectivity index (χ0v) is 10.7. The van der Waals surface area contributed by atoms with Crippen molar-refractivity contribution in [3.63, 3.8) is 0 Å². The molecule has 0 fully saturated rings. The van der Waals surface area contributed by atoms with Gasteiger partial charge in [0.15, 0.2) is 11.5 Å². The lowest BCUT2D eigenvalue weighted by molar-refractivity contribution is -0.144. The molecule has 1 aromatic heterocycles. The van der Waals surface area contributed by atoms with Crippen molar-refractivity contribution in [2.75, 3.05) is 7.11 Å². The SMILES string of the molecule is COC(=O)CC(O)C(O)c1ccc2oc(C)nc2c1. The van der Waals surface area contributed by atoms with Crippen LogP contribution in [0.4, 0.5) is 0 Å². The summed E-state index contributed by atoms with van der Waals surface area (Å²) in [4.78, 5) is 15.2. The summed E-state index contributed by atoms with van der Waals surface area (Å²) in [6.45, 7) is 1.72. The molecule has 0 amide bonds. The molecular formula is C13H15NO5. The summed E-state index contributed by atoms with van der Waals surface area (Å²) in [5, 5.41) is 19.7. The van der Waals surface area contributed by atoms with Gasteiger partial charge in [-0.3, -0.25) is 4.79 Å². The van der Waals surface area contributed by atoms with E-state index in [0.717, 1.165) is 0 Å². The monoisotopic (exact) mass is 265 g/mol. The molecule has 102 valence electrons. The van der Waals surface area contributed by atoms with Crippen molar-refractivity contribution in [1.82, 2.24) is 4.98 Å². The normalized spacial score (nSPS) is 14.3. The Balaban J connectivity index is 2.20. The number of aliphatic hydroxyl groups excluding tert-OH is 2. The molecule has 2 atom stereocenters. The number of carbonyl (C=O) groups excluding carboxylic acids is 1. The maximum Gasteiger partial charge on any atom is 0.308 e. The van der Waals surface area contributed by atoms with E-state index in [1.165, 1.54) is 7.11 Å². The summed E-state index contributed by atoms with van der Waals surface area (Å²) in [5.41, 5.74) is 1.67. The highest BCUT2D eigenvalue weighted by molar-refractivity contribution is 5.73. The Labute approximate surface area is 109 Å². The average molecular weight is 265 g/mol. The fraction of sp³-hybridized carbons (Fsp3) is 0.385. The van der Waals surface area contributed by atoms with Crippen LogP contribution < -0.4 is 0 Å². The van der Waals surface area contributed by atoms with Crippen LogP contribution in [0.25, 0.3) is 11.1 Å². The molecule has 0 saturated heterocycles. The molecule has 0 spiro atoms. The van der Waals surface area contributed by atoms with Gasteiger partial charge in [0.1, 0.15) is 11.6 Å². The molecule has 2 unspecified atom stereocenters. The number of oxazole rings is 1. The van der Waals surface area contributed by atoms with Crippen molar-refractivity contribution in [1.29, 1.82) is 0 Å². The van der Waals surface area contributed by atoms with Crippen molar-refractivity contribution in [3.05, 3.63) is 29.7 Å². The van der Waals surface area contributed by atoms with Gasteiger partial charge in [-0.15, -0.1) is 0 Å². The number of benzene rings is 1. The number of fused-ring (bicyclic) bond motifs is 1. The van der Waals surface area contributed by atoms with Crippen LogP contribution in [0, 0.1) is 6.92 Å². The van der Waals surface area contributed by atoms with E-state index >= 15 is 0 Å². The number of nitrogens with zero attached hydrogens (tertiary/aromatic N) is 1. The third kappa shape index (κ3) is 2.91. The minimum Gasteiger partial charge on any atom is -0.469 e. The van der Waals surface area contributed by atoms with Crippen LogP contribution in [-0.4, -0.2) is 34.4 Å². The first kappa shape index (κ1) is 13.5. The molecule has 2 rings (SSSR count). The summed E-state index contributed by atoms with van der Waals surface area (Å²) < 4.78 is 9.76.